The maximum absolute atomic E-state index is 12.8. The van der Waals surface area contributed by atoms with E-state index in [0.717, 1.165) is 44.1 Å². The average molecular weight is 353 g/mol. The fraction of sp³-hybridized carbons (Fsp3) is 0.400. The van der Waals surface area contributed by atoms with Crippen molar-refractivity contribution >= 4 is 5.91 Å². The van der Waals surface area contributed by atoms with Crippen LogP contribution in [-0.4, -0.2) is 49.9 Å². The minimum atomic E-state index is -0.209. The molecule has 3 rings (SSSR count). The Bertz CT molecular complexity index is 829. The maximum atomic E-state index is 12.8. The van der Waals surface area contributed by atoms with Crippen molar-refractivity contribution in [3.63, 3.8) is 0 Å². The summed E-state index contributed by atoms with van der Waals surface area (Å²) in [6.45, 7) is 8.98. The Kier molecular flexibility index (Phi) is 5.71. The summed E-state index contributed by atoms with van der Waals surface area (Å²) in [6, 6.07) is 9.90. The number of aromatic nitrogens is 1. The summed E-state index contributed by atoms with van der Waals surface area (Å²) in [5.74, 6) is -0.209. The van der Waals surface area contributed by atoms with Crippen LogP contribution in [0.3, 0.4) is 0 Å². The molecule has 0 unspecified atom stereocenters. The van der Waals surface area contributed by atoms with Crippen molar-refractivity contribution in [2.24, 2.45) is 0 Å². The van der Waals surface area contributed by atoms with E-state index < -0.39 is 0 Å². The van der Waals surface area contributed by atoms with E-state index >= 15 is 0 Å². The van der Waals surface area contributed by atoms with Crippen LogP contribution in [0.1, 0.15) is 27.2 Å². The van der Waals surface area contributed by atoms with Gasteiger partial charge in [-0.3, -0.25) is 4.79 Å². The molecule has 2 N–H and O–H groups in total. The van der Waals surface area contributed by atoms with Crippen molar-refractivity contribution in [1.82, 2.24) is 9.88 Å². The molecule has 0 radical (unpaired) electrons. The summed E-state index contributed by atoms with van der Waals surface area (Å²) in [6.07, 6.45) is 1.79. The number of hydrogen-bond donors (Lipinski definition) is 2. The molecule has 0 aliphatic carbocycles. The summed E-state index contributed by atoms with van der Waals surface area (Å²) in [5.41, 5.74) is 3.94. The van der Waals surface area contributed by atoms with E-state index in [1.807, 2.05) is 30.5 Å². The molecular weight excluding hydrogens is 328 g/mol. The Balaban J connectivity index is 1.76. The first-order chi connectivity index (χ1) is 12.6. The number of benzene rings is 1. The minimum absolute atomic E-state index is 0.209. The van der Waals surface area contributed by atoms with Crippen LogP contribution in [0.15, 0.2) is 30.5 Å². The molecule has 2 aromatic rings. The van der Waals surface area contributed by atoms with Crippen LogP contribution < -0.4 is 10.2 Å². The second-order valence-electron chi connectivity index (χ2n) is 6.72. The second-order valence-corrected chi connectivity index (χ2v) is 6.72. The number of hydrogen-bond acceptors (Lipinski definition) is 3. The highest BCUT2D eigenvalue weighted by Crippen LogP contribution is 2.21. The molecule has 136 valence electrons. The average Bonchev–Trinajstić information content (AvgIpc) is 3.06. The molecule has 2 heterocycles. The highest BCUT2D eigenvalue weighted by Gasteiger charge is 2.20. The maximum Gasteiger partial charge on any atom is 0.269 e. The van der Waals surface area contributed by atoms with E-state index in [2.05, 4.69) is 17.5 Å². The molecular formula is C20H25N4O2+. The van der Waals surface area contributed by atoms with Gasteiger partial charge in [0, 0.05) is 11.9 Å². The van der Waals surface area contributed by atoms with Gasteiger partial charge in [0.2, 0.25) is 0 Å². The number of ether oxygens (including phenoxy) is 1. The third-order valence-electron chi connectivity index (χ3n) is 4.80. The molecule has 0 saturated carbocycles. The number of aryl methyl sites for hydroxylation is 2. The molecule has 0 spiro atoms. The lowest BCUT2D eigenvalue weighted by atomic mass is 10.1. The summed E-state index contributed by atoms with van der Waals surface area (Å²) < 4.78 is 7.16. The van der Waals surface area contributed by atoms with Crippen LogP contribution in [0, 0.1) is 25.2 Å². The van der Waals surface area contributed by atoms with Gasteiger partial charge in [0.15, 0.2) is 0 Å². The second kappa shape index (κ2) is 8.17. The van der Waals surface area contributed by atoms with Crippen LogP contribution in [0.5, 0.6) is 0 Å². The van der Waals surface area contributed by atoms with Gasteiger partial charge >= 0.3 is 0 Å². The third-order valence-corrected chi connectivity index (χ3v) is 4.80. The fourth-order valence-corrected chi connectivity index (χ4v) is 3.38. The fourth-order valence-electron chi connectivity index (χ4n) is 3.38. The molecule has 6 nitrogen and oxygen atoms in total. The predicted molar refractivity (Wildman–Crippen MR) is 98.7 cm³/mol. The van der Waals surface area contributed by atoms with Gasteiger partial charge in [-0.1, -0.05) is 17.7 Å². The van der Waals surface area contributed by atoms with Gasteiger partial charge in [-0.05, 0) is 31.5 Å². The molecule has 1 aromatic heterocycles. The molecule has 1 saturated heterocycles. The van der Waals surface area contributed by atoms with Crippen LogP contribution in [0.4, 0.5) is 0 Å². The quantitative estimate of drug-likeness (QED) is 0.827. The number of nitrogens with zero attached hydrogens (tertiary/aromatic N) is 2. The molecule has 1 aliphatic rings. The van der Waals surface area contributed by atoms with Crippen LogP contribution >= 0.6 is 0 Å². The number of rotatable bonds is 5. The molecule has 1 fully saturated rings. The first-order valence-corrected chi connectivity index (χ1v) is 8.98. The Morgan fingerprint density at radius 1 is 1.31 bits per heavy atom. The van der Waals surface area contributed by atoms with Crippen LogP contribution in [0.25, 0.3) is 5.69 Å². The van der Waals surface area contributed by atoms with Crippen LogP contribution in [-0.2, 0) is 4.74 Å². The van der Waals surface area contributed by atoms with Crippen molar-refractivity contribution in [2.45, 2.75) is 13.8 Å². The lowest BCUT2D eigenvalue weighted by Crippen LogP contribution is -3.14. The van der Waals surface area contributed by atoms with E-state index in [0.29, 0.717) is 17.8 Å². The normalized spacial score (nSPS) is 14.8. The molecule has 0 bridgehead atoms. The Labute approximate surface area is 154 Å². The lowest BCUT2D eigenvalue weighted by Gasteiger charge is -2.23. The summed E-state index contributed by atoms with van der Waals surface area (Å²) in [5, 5.41) is 12.4. The Morgan fingerprint density at radius 2 is 2.08 bits per heavy atom. The molecule has 0 atom stereocenters. The van der Waals surface area contributed by atoms with Gasteiger partial charge < -0.3 is 19.5 Å². The smallest absolute Gasteiger partial charge is 0.269 e. The first-order valence-electron chi connectivity index (χ1n) is 8.98. The van der Waals surface area contributed by atoms with Gasteiger partial charge in [0.25, 0.3) is 5.91 Å². The number of quaternary nitrogens is 1. The lowest BCUT2D eigenvalue weighted by molar-refractivity contribution is -0.906. The van der Waals surface area contributed by atoms with E-state index in [1.165, 1.54) is 10.5 Å². The first kappa shape index (κ1) is 18.2. The predicted octanol–water partition coefficient (Wildman–Crippen LogP) is 0.611. The van der Waals surface area contributed by atoms with Gasteiger partial charge in [0.05, 0.1) is 31.9 Å². The summed E-state index contributed by atoms with van der Waals surface area (Å²) >= 11 is 0. The molecule has 1 amide bonds. The highest BCUT2D eigenvalue weighted by atomic mass is 16.5. The third kappa shape index (κ3) is 3.96. The van der Waals surface area contributed by atoms with Crippen molar-refractivity contribution < 1.29 is 14.4 Å². The van der Waals surface area contributed by atoms with Crippen molar-refractivity contribution in [1.29, 1.82) is 5.26 Å². The van der Waals surface area contributed by atoms with Crippen molar-refractivity contribution in [3.05, 3.63) is 52.8 Å². The molecule has 1 aliphatic heterocycles. The Morgan fingerprint density at radius 3 is 2.77 bits per heavy atom. The number of amides is 1. The van der Waals surface area contributed by atoms with Gasteiger partial charge in [-0.15, -0.1) is 0 Å². The molecule has 6 heteroatoms. The van der Waals surface area contributed by atoms with Gasteiger partial charge in [-0.2, -0.15) is 5.26 Å². The number of morpholine rings is 1. The zero-order valence-corrected chi connectivity index (χ0v) is 15.3. The summed E-state index contributed by atoms with van der Waals surface area (Å²) in [4.78, 5) is 14.2. The molecule has 1 aromatic carbocycles. The highest BCUT2D eigenvalue weighted by molar-refractivity contribution is 5.96. The van der Waals surface area contributed by atoms with Gasteiger partial charge in [-0.25, -0.2) is 0 Å². The monoisotopic (exact) mass is 353 g/mol. The number of carbonyl (C=O) groups excluding carboxylic acids is 1. The van der Waals surface area contributed by atoms with Gasteiger partial charge in [0.1, 0.15) is 24.9 Å². The van der Waals surface area contributed by atoms with Crippen molar-refractivity contribution in [2.75, 3.05) is 39.4 Å². The minimum Gasteiger partial charge on any atom is -0.370 e. The number of nitriles is 1. The topological polar surface area (TPSA) is 71.5 Å². The largest absolute Gasteiger partial charge is 0.370 e. The standard InChI is InChI=1S/C20H24N4O2/c1-15-3-4-18(16(2)13-15)24-7-5-17(14-21)19(24)20(25)22-6-8-23-9-11-26-12-10-23/h3-5,7,13H,6,8-12H2,1-2H3,(H,22,25)/p+1. The SMILES string of the molecule is Cc1ccc(-n2ccc(C#N)c2C(=O)NCC[NH+]2CCOCC2)c(C)c1. The number of carbonyl (C=O) groups is 1. The van der Waals surface area contributed by atoms with E-state index in [9.17, 15) is 10.1 Å². The van der Waals surface area contributed by atoms with E-state index in [1.54, 1.807) is 12.3 Å². The zero-order valence-electron chi connectivity index (χ0n) is 15.3. The molecule has 26 heavy (non-hydrogen) atoms. The van der Waals surface area contributed by atoms with E-state index in [-0.39, 0.29) is 5.91 Å². The number of nitrogens with one attached hydrogen (secondary N) is 2. The summed E-state index contributed by atoms with van der Waals surface area (Å²) in [7, 11) is 0. The van der Waals surface area contributed by atoms with Crippen molar-refractivity contribution in [3.8, 4) is 11.8 Å². The zero-order chi connectivity index (χ0) is 18.5. The van der Waals surface area contributed by atoms with E-state index in [4.69, 9.17) is 4.74 Å². The van der Waals surface area contributed by atoms with Crippen LogP contribution in [0.2, 0.25) is 0 Å². The Hall–Kier alpha value is -2.62.